The highest BCUT2D eigenvalue weighted by molar-refractivity contribution is 7.99. The van der Waals surface area contributed by atoms with Gasteiger partial charge in [0.1, 0.15) is 11.6 Å². The van der Waals surface area contributed by atoms with Crippen LogP contribution in [-0.4, -0.2) is 46.6 Å². The van der Waals surface area contributed by atoms with Crippen molar-refractivity contribution in [1.29, 1.82) is 0 Å². The summed E-state index contributed by atoms with van der Waals surface area (Å²) in [7, 11) is 0. The standard InChI is InChI=1S/C20H19FN8OS/c1-13-4-3-5-17(14(13)2)29-20(25-26-27-29)31-12-19(30)24-18-7-9-23-28(18)11-15-6-8-22-10-16(15)21/h3-10H,11-12H2,1-2H3,(H,24,30). The van der Waals surface area contributed by atoms with E-state index in [4.69, 9.17) is 0 Å². The number of pyridine rings is 1. The van der Waals surface area contributed by atoms with E-state index in [1.54, 1.807) is 23.0 Å². The zero-order chi connectivity index (χ0) is 21.8. The van der Waals surface area contributed by atoms with Crippen LogP contribution in [0.1, 0.15) is 16.7 Å². The second-order valence-electron chi connectivity index (χ2n) is 6.77. The number of benzene rings is 1. The van der Waals surface area contributed by atoms with Crippen LogP contribution in [0.2, 0.25) is 0 Å². The first-order valence-electron chi connectivity index (χ1n) is 9.40. The fourth-order valence-electron chi connectivity index (χ4n) is 2.95. The zero-order valence-corrected chi connectivity index (χ0v) is 17.7. The molecule has 31 heavy (non-hydrogen) atoms. The van der Waals surface area contributed by atoms with Gasteiger partial charge in [-0.3, -0.25) is 9.78 Å². The second-order valence-corrected chi connectivity index (χ2v) is 7.71. The van der Waals surface area contributed by atoms with Gasteiger partial charge in [0.25, 0.3) is 0 Å². The molecule has 9 nitrogen and oxygen atoms in total. The first-order valence-corrected chi connectivity index (χ1v) is 10.4. The number of anilines is 1. The molecule has 1 N–H and O–H groups in total. The number of aromatic nitrogens is 7. The summed E-state index contributed by atoms with van der Waals surface area (Å²) in [6.07, 6.45) is 4.20. The average Bonchev–Trinajstić information content (AvgIpc) is 3.40. The van der Waals surface area contributed by atoms with Gasteiger partial charge in [-0.15, -0.1) is 5.10 Å². The number of hydrogen-bond acceptors (Lipinski definition) is 7. The van der Waals surface area contributed by atoms with E-state index >= 15 is 0 Å². The van der Waals surface area contributed by atoms with Crippen LogP contribution in [0.5, 0.6) is 0 Å². The van der Waals surface area contributed by atoms with Crippen LogP contribution in [0.4, 0.5) is 10.2 Å². The number of halogens is 1. The van der Waals surface area contributed by atoms with E-state index in [0.717, 1.165) is 23.0 Å². The summed E-state index contributed by atoms with van der Waals surface area (Å²) < 4.78 is 17.0. The van der Waals surface area contributed by atoms with E-state index in [1.165, 1.54) is 22.6 Å². The third-order valence-electron chi connectivity index (χ3n) is 4.74. The van der Waals surface area contributed by atoms with Crippen molar-refractivity contribution in [2.75, 3.05) is 11.1 Å². The molecule has 1 amide bonds. The van der Waals surface area contributed by atoms with Gasteiger partial charge in [0.15, 0.2) is 0 Å². The largest absolute Gasteiger partial charge is 0.310 e. The van der Waals surface area contributed by atoms with E-state index in [-0.39, 0.29) is 18.2 Å². The lowest BCUT2D eigenvalue weighted by molar-refractivity contribution is -0.113. The van der Waals surface area contributed by atoms with Crippen molar-refractivity contribution in [3.8, 4) is 5.69 Å². The molecule has 0 aliphatic carbocycles. The number of nitrogens with one attached hydrogen (secondary N) is 1. The summed E-state index contributed by atoms with van der Waals surface area (Å²) in [5.41, 5.74) is 3.48. The molecule has 158 valence electrons. The second kappa shape index (κ2) is 9.04. The fraction of sp³-hybridized carbons (Fsp3) is 0.200. The normalized spacial score (nSPS) is 10.9. The lowest BCUT2D eigenvalue weighted by Gasteiger charge is -2.10. The molecule has 0 unspecified atom stereocenters. The van der Waals surface area contributed by atoms with Gasteiger partial charge < -0.3 is 5.32 Å². The Balaban J connectivity index is 1.42. The van der Waals surface area contributed by atoms with E-state index < -0.39 is 5.82 Å². The summed E-state index contributed by atoms with van der Waals surface area (Å²) in [6, 6.07) is 9.12. The molecule has 0 aliphatic heterocycles. The number of carbonyl (C=O) groups excluding carboxylic acids is 1. The van der Waals surface area contributed by atoms with Crippen LogP contribution >= 0.6 is 11.8 Å². The Morgan fingerprint density at radius 2 is 2.06 bits per heavy atom. The minimum absolute atomic E-state index is 0.0973. The predicted octanol–water partition coefficient (Wildman–Crippen LogP) is 2.79. The minimum atomic E-state index is -0.427. The zero-order valence-electron chi connectivity index (χ0n) is 16.9. The average molecular weight is 438 g/mol. The van der Waals surface area contributed by atoms with Crippen molar-refractivity contribution in [2.45, 2.75) is 25.5 Å². The monoisotopic (exact) mass is 438 g/mol. The number of nitrogens with zero attached hydrogens (tertiary/aromatic N) is 7. The smallest absolute Gasteiger partial charge is 0.235 e. The van der Waals surface area contributed by atoms with Crippen molar-refractivity contribution in [2.24, 2.45) is 0 Å². The third kappa shape index (κ3) is 4.61. The maximum Gasteiger partial charge on any atom is 0.235 e. The topological polar surface area (TPSA) is 103 Å². The van der Waals surface area contributed by atoms with Crippen LogP contribution in [0.15, 0.2) is 54.1 Å². The van der Waals surface area contributed by atoms with Gasteiger partial charge >= 0.3 is 0 Å². The Hall–Kier alpha value is -3.60. The lowest BCUT2D eigenvalue weighted by atomic mass is 10.1. The third-order valence-corrected chi connectivity index (χ3v) is 5.66. The summed E-state index contributed by atoms with van der Waals surface area (Å²) in [4.78, 5) is 16.2. The summed E-state index contributed by atoms with van der Waals surface area (Å²) in [5.74, 6) is -0.113. The van der Waals surface area contributed by atoms with E-state index in [9.17, 15) is 9.18 Å². The quantitative estimate of drug-likeness (QED) is 0.443. The molecule has 0 bridgehead atoms. The predicted molar refractivity (Wildman–Crippen MR) is 114 cm³/mol. The molecule has 0 aliphatic rings. The van der Waals surface area contributed by atoms with Crippen LogP contribution in [0.25, 0.3) is 5.69 Å². The van der Waals surface area contributed by atoms with Gasteiger partial charge in [-0.25, -0.2) is 9.07 Å². The van der Waals surface area contributed by atoms with Crippen molar-refractivity contribution < 1.29 is 9.18 Å². The lowest BCUT2D eigenvalue weighted by Crippen LogP contribution is -2.18. The SMILES string of the molecule is Cc1cccc(-n2nnnc2SCC(=O)Nc2ccnn2Cc2ccncc2F)c1C. The molecule has 1 aromatic carbocycles. The Bertz CT molecular complexity index is 1220. The number of amides is 1. The maximum absolute atomic E-state index is 13.9. The van der Waals surface area contributed by atoms with Gasteiger partial charge in [-0.05, 0) is 47.5 Å². The molecule has 0 spiro atoms. The number of aryl methyl sites for hydroxylation is 1. The summed E-state index contributed by atoms with van der Waals surface area (Å²) >= 11 is 1.22. The molecular weight excluding hydrogens is 419 g/mol. The van der Waals surface area contributed by atoms with E-state index in [1.807, 2.05) is 32.0 Å². The number of hydrogen-bond donors (Lipinski definition) is 1. The van der Waals surface area contributed by atoms with Crippen LogP contribution in [0, 0.1) is 19.7 Å². The minimum Gasteiger partial charge on any atom is -0.310 e. The fourth-order valence-corrected chi connectivity index (χ4v) is 3.64. The molecular formula is C20H19FN8OS. The molecule has 0 fully saturated rings. The highest BCUT2D eigenvalue weighted by atomic mass is 32.2. The van der Waals surface area contributed by atoms with Gasteiger partial charge in [-0.2, -0.15) is 9.78 Å². The Kier molecular flexibility index (Phi) is 6.03. The molecule has 0 saturated carbocycles. The number of thioether (sulfide) groups is 1. The van der Waals surface area contributed by atoms with Crippen molar-refractivity contribution in [3.63, 3.8) is 0 Å². The Morgan fingerprint density at radius 3 is 2.90 bits per heavy atom. The number of rotatable bonds is 7. The van der Waals surface area contributed by atoms with Crippen molar-refractivity contribution in [1.82, 2.24) is 35.0 Å². The Morgan fingerprint density at radius 1 is 1.19 bits per heavy atom. The molecule has 3 heterocycles. The van der Waals surface area contributed by atoms with Crippen LogP contribution in [-0.2, 0) is 11.3 Å². The van der Waals surface area contributed by atoms with Crippen LogP contribution in [0.3, 0.4) is 0 Å². The molecule has 4 aromatic rings. The molecule has 4 rings (SSSR count). The molecule has 3 aromatic heterocycles. The van der Waals surface area contributed by atoms with Gasteiger partial charge in [0.05, 0.1) is 30.4 Å². The molecule has 0 saturated heterocycles. The highest BCUT2D eigenvalue weighted by Gasteiger charge is 2.15. The highest BCUT2D eigenvalue weighted by Crippen LogP contribution is 2.22. The van der Waals surface area contributed by atoms with Gasteiger partial charge in [-0.1, -0.05) is 23.9 Å². The van der Waals surface area contributed by atoms with Gasteiger partial charge in [0, 0.05) is 17.8 Å². The molecule has 0 atom stereocenters. The Labute approximate surface area is 181 Å². The van der Waals surface area contributed by atoms with E-state index in [0.29, 0.717) is 16.5 Å². The van der Waals surface area contributed by atoms with Crippen molar-refractivity contribution in [3.05, 3.63) is 71.4 Å². The van der Waals surface area contributed by atoms with E-state index in [2.05, 4.69) is 30.9 Å². The van der Waals surface area contributed by atoms with Crippen LogP contribution < -0.4 is 5.32 Å². The first kappa shape index (κ1) is 20.7. The number of carbonyl (C=O) groups is 1. The number of tetrazole rings is 1. The summed E-state index contributed by atoms with van der Waals surface area (Å²) in [6.45, 7) is 4.19. The van der Waals surface area contributed by atoms with Crippen molar-refractivity contribution >= 4 is 23.5 Å². The first-order chi connectivity index (χ1) is 15.0. The molecule has 0 radical (unpaired) electrons. The summed E-state index contributed by atoms with van der Waals surface area (Å²) in [5, 5.41) is 19.3. The molecule has 11 heteroatoms. The van der Waals surface area contributed by atoms with Gasteiger partial charge in [0.2, 0.25) is 11.1 Å². The maximum atomic E-state index is 13.9.